The Balaban J connectivity index is 1.61. The topological polar surface area (TPSA) is 116 Å². The van der Waals surface area contributed by atoms with Gasteiger partial charge in [0.1, 0.15) is 12.2 Å². The molecule has 27 heavy (non-hydrogen) atoms. The molecule has 0 radical (unpaired) electrons. The molecule has 1 saturated heterocycles. The first-order chi connectivity index (χ1) is 13.1. The van der Waals surface area contributed by atoms with Crippen molar-refractivity contribution < 1.29 is 24.2 Å². The highest BCUT2D eigenvalue weighted by Gasteiger charge is 2.41. The molecule has 1 aliphatic heterocycles. The quantitative estimate of drug-likeness (QED) is 0.700. The van der Waals surface area contributed by atoms with Crippen LogP contribution in [-0.4, -0.2) is 50.8 Å². The van der Waals surface area contributed by atoms with E-state index < -0.39 is 11.6 Å². The van der Waals surface area contributed by atoms with Crippen molar-refractivity contribution in [2.24, 2.45) is 0 Å². The van der Waals surface area contributed by atoms with Gasteiger partial charge in [-0.1, -0.05) is 35.5 Å². The number of hydrogen-bond donors (Lipinski definition) is 2. The van der Waals surface area contributed by atoms with Crippen LogP contribution in [0.5, 0.6) is 0 Å². The molecule has 1 fully saturated rings. The van der Waals surface area contributed by atoms with Gasteiger partial charge in [0.05, 0.1) is 19.3 Å². The number of ether oxygens (including phenoxy) is 2. The van der Waals surface area contributed by atoms with Gasteiger partial charge < -0.3 is 19.9 Å². The molecule has 144 valence electrons. The minimum atomic E-state index is -1.01. The van der Waals surface area contributed by atoms with Crippen LogP contribution in [-0.2, 0) is 38.8 Å². The summed E-state index contributed by atoms with van der Waals surface area (Å²) in [5, 5.41) is 19.2. The molecule has 2 N–H and O–H groups in total. The van der Waals surface area contributed by atoms with E-state index in [0.29, 0.717) is 38.4 Å². The van der Waals surface area contributed by atoms with Crippen molar-refractivity contribution in [1.82, 2.24) is 20.3 Å². The minimum Gasteiger partial charge on any atom is -0.480 e. The Morgan fingerprint density at radius 3 is 2.70 bits per heavy atom. The summed E-state index contributed by atoms with van der Waals surface area (Å²) in [6.07, 6.45) is 2.44. The molecule has 0 atom stereocenters. The smallest absolute Gasteiger partial charge is 0.325 e. The molecule has 9 heteroatoms. The zero-order valence-corrected chi connectivity index (χ0v) is 14.8. The molecular weight excluding hydrogens is 352 g/mol. The Labute approximate surface area is 156 Å². The van der Waals surface area contributed by atoms with E-state index in [1.807, 2.05) is 30.3 Å². The van der Waals surface area contributed by atoms with E-state index in [1.165, 1.54) is 10.9 Å². The highest BCUT2D eigenvalue weighted by molar-refractivity contribution is 5.85. The van der Waals surface area contributed by atoms with E-state index >= 15 is 0 Å². The van der Waals surface area contributed by atoms with Gasteiger partial charge in [-0.05, 0) is 5.56 Å². The van der Waals surface area contributed by atoms with Gasteiger partial charge >= 0.3 is 5.97 Å². The number of benzene rings is 1. The first-order valence-corrected chi connectivity index (χ1v) is 8.72. The lowest BCUT2D eigenvalue weighted by Gasteiger charge is -2.35. The number of nitrogens with zero attached hydrogens (tertiary/aromatic N) is 3. The highest BCUT2D eigenvalue weighted by atomic mass is 16.5. The number of carboxylic acid groups (broad SMARTS) is 1. The van der Waals surface area contributed by atoms with Crippen LogP contribution in [0.4, 0.5) is 0 Å². The molecule has 9 nitrogen and oxygen atoms in total. The molecule has 1 aromatic carbocycles. The van der Waals surface area contributed by atoms with Crippen LogP contribution in [0.25, 0.3) is 0 Å². The second kappa shape index (κ2) is 8.74. The van der Waals surface area contributed by atoms with Crippen LogP contribution in [0.1, 0.15) is 24.1 Å². The average Bonchev–Trinajstić information content (AvgIpc) is 3.12. The SMILES string of the molecule is O=C(O)Cn1cc(CNC(=O)C2(OCc3ccccc3)CCOCC2)nn1. The van der Waals surface area contributed by atoms with Gasteiger partial charge in [-0.25, -0.2) is 4.68 Å². The summed E-state index contributed by atoms with van der Waals surface area (Å²) in [6, 6.07) is 9.68. The Bertz CT molecular complexity index is 771. The number of carbonyl (C=O) groups is 2. The third-order valence-corrected chi connectivity index (χ3v) is 4.39. The zero-order chi connectivity index (χ0) is 19.1. The lowest BCUT2D eigenvalue weighted by Crippen LogP contribution is -2.52. The van der Waals surface area contributed by atoms with E-state index in [0.717, 1.165) is 5.56 Å². The van der Waals surface area contributed by atoms with E-state index in [9.17, 15) is 9.59 Å². The summed E-state index contributed by atoms with van der Waals surface area (Å²) in [5.41, 5.74) is 0.521. The van der Waals surface area contributed by atoms with Crippen molar-refractivity contribution in [2.45, 2.75) is 38.1 Å². The number of hydrogen-bond acceptors (Lipinski definition) is 6. The van der Waals surface area contributed by atoms with E-state index in [4.69, 9.17) is 14.6 Å². The normalized spacial score (nSPS) is 16.0. The zero-order valence-electron chi connectivity index (χ0n) is 14.8. The molecule has 0 unspecified atom stereocenters. The molecule has 2 heterocycles. The molecule has 0 aliphatic carbocycles. The Kier molecular flexibility index (Phi) is 6.15. The molecule has 2 aromatic rings. The first kappa shape index (κ1) is 19.0. The van der Waals surface area contributed by atoms with Crippen LogP contribution in [0.15, 0.2) is 36.5 Å². The molecule has 0 saturated carbocycles. The van der Waals surface area contributed by atoms with E-state index in [1.54, 1.807) is 0 Å². The van der Waals surface area contributed by atoms with Crippen molar-refractivity contribution in [3.63, 3.8) is 0 Å². The summed E-state index contributed by atoms with van der Waals surface area (Å²) in [7, 11) is 0. The first-order valence-electron chi connectivity index (χ1n) is 8.72. The maximum atomic E-state index is 12.9. The molecule has 1 aliphatic rings. The van der Waals surface area contributed by atoms with Crippen LogP contribution in [0.2, 0.25) is 0 Å². The maximum Gasteiger partial charge on any atom is 0.325 e. The third kappa shape index (κ3) is 5.11. The van der Waals surface area contributed by atoms with Crippen LogP contribution in [0.3, 0.4) is 0 Å². The average molecular weight is 374 g/mol. The van der Waals surface area contributed by atoms with Gasteiger partial charge in [-0.15, -0.1) is 5.10 Å². The van der Waals surface area contributed by atoms with Crippen LogP contribution >= 0.6 is 0 Å². The standard InChI is InChI=1S/C18H22N4O5/c23-16(24)12-22-11-15(20-21-22)10-19-17(25)18(6-8-26-9-7-18)27-13-14-4-2-1-3-5-14/h1-5,11H,6-10,12-13H2,(H,19,25)(H,23,24). The number of amides is 1. The van der Waals surface area contributed by atoms with Crippen molar-refractivity contribution in [2.75, 3.05) is 13.2 Å². The molecular formula is C18H22N4O5. The Hall–Kier alpha value is -2.78. The minimum absolute atomic E-state index is 0.149. The van der Waals surface area contributed by atoms with Gasteiger partial charge in [0.2, 0.25) is 0 Å². The highest BCUT2D eigenvalue weighted by Crippen LogP contribution is 2.27. The number of aliphatic carboxylic acids is 1. The van der Waals surface area contributed by atoms with Gasteiger partial charge in [0.25, 0.3) is 5.91 Å². The summed E-state index contributed by atoms with van der Waals surface area (Å²) < 4.78 is 12.7. The second-order valence-corrected chi connectivity index (χ2v) is 6.36. The molecule has 1 aromatic heterocycles. The lowest BCUT2D eigenvalue weighted by molar-refractivity contribution is -0.163. The second-order valence-electron chi connectivity index (χ2n) is 6.36. The fourth-order valence-corrected chi connectivity index (χ4v) is 2.90. The molecule has 0 spiro atoms. The van der Waals surface area contributed by atoms with Crippen LogP contribution < -0.4 is 5.32 Å². The summed E-state index contributed by atoms with van der Waals surface area (Å²) >= 11 is 0. The lowest BCUT2D eigenvalue weighted by atomic mass is 9.92. The fraction of sp³-hybridized carbons (Fsp3) is 0.444. The summed E-state index contributed by atoms with van der Waals surface area (Å²) in [5.74, 6) is -1.24. The summed E-state index contributed by atoms with van der Waals surface area (Å²) in [4.78, 5) is 23.6. The van der Waals surface area contributed by atoms with Crippen molar-refractivity contribution >= 4 is 11.9 Å². The molecule has 0 bridgehead atoms. The predicted molar refractivity (Wildman–Crippen MR) is 93.5 cm³/mol. The molecule has 3 rings (SSSR count). The van der Waals surface area contributed by atoms with Gasteiger partial charge in [-0.3, -0.25) is 9.59 Å². The number of rotatable bonds is 8. The predicted octanol–water partition coefficient (Wildman–Crippen LogP) is 0.745. The van der Waals surface area contributed by atoms with E-state index in [-0.39, 0.29) is 19.0 Å². The van der Waals surface area contributed by atoms with Crippen molar-refractivity contribution in [1.29, 1.82) is 0 Å². The Morgan fingerprint density at radius 2 is 2.00 bits per heavy atom. The van der Waals surface area contributed by atoms with Crippen molar-refractivity contribution in [3.05, 3.63) is 47.8 Å². The number of nitrogens with one attached hydrogen (secondary N) is 1. The third-order valence-electron chi connectivity index (χ3n) is 4.39. The summed E-state index contributed by atoms with van der Waals surface area (Å²) in [6.45, 7) is 1.12. The number of carbonyl (C=O) groups excluding carboxylic acids is 1. The fourth-order valence-electron chi connectivity index (χ4n) is 2.90. The monoisotopic (exact) mass is 374 g/mol. The van der Waals surface area contributed by atoms with Gasteiger partial charge in [-0.2, -0.15) is 0 Å². The van der Waals surface area contributed by atoms with Gasteiger partial charge in [0, 0.05) is 26.1 Å². The maximum absolute atomic E-state index is 12.9. The van der Waals surface area contributed by atoms with Crippen molar-refractivity contribution in [3.8, 4) is 0 Å². The van der Waals surface area contributed by atoms with Gasteiger partial charge in [0.15, 0.2) is 5.60 Å². The molecule has 1 amide bonds. The van der Waals surface area contributed by atoms with E-state index in [2.05, 4.69) is 15.6 Å². The largest absolute Gasteiger partial charge is 0.480 e. The number of aromatic nitrogens is 3. The number of carboxylic acids is 1. The Morgan fingerprint density at radius 1 is 1.26 bits per heavy atom. The van der Waals surface area contributed by atoms with Crippen LogP contribution in [0, 0.1) is 0 Å².